The summed E-state index contributed by atoms with van der Waals surface area (Å²) >= 11 is 0. The molecule has 4 atom stereocenters. The van der Waals surface area contributed by atoms with Crippen LogP contribution < -0.4 is 5.32 Å². The quantitative estimate of drug-likeness (QED) is 0.348. The predicted molar refractivity (Wildman–Crippen MR) is 35.5 cm³/mol. The molecule has 1 aliphatic rings. The van der Waals surface area contributed by atoms with Crippen molar-refractivity contribution in [2.45, 2.75) is 31.3 Å². The van der Waals surface area contributed by atoms with Gasteiger partial charge in [-0.3, -0.25) is 0 Å². The number of β-amino-alcohol motifs (C(OH)–C–C–N with tert-alkyl or cyclic N) is 1. The van der Waals surface area contributed by atoms with E-state index in [1.54, 1.807) is 6.92 Å². The summed E-state index contributed by atoms with van der Waals surface area (Å²) in [6.07, 6.45) is -2.19. The van der Waals surface area contributed by atoms with Crippen molar-refractivity contribution in [2.75, 3.05) is 6.54 Å². The molecule has 60 valence electrons. The van der Waals surface area contributed by atoms with E-state index in [4.69, 9.17) is 15.3 Å². The highest BCUT2D eigenvalue weighted by Crippen LogP contribution is 2.10. The highest BCUT2D eigenvalue weighted by Gasteiger charge is 2.35. The number of aliphatic hydroxyl groups is 3. The van der Waals surface area contributed by atoms with Crippen molar-refractivity contribution in [3.63, 3.8) is 0 Å². The highest BCUT2D eigenvalue weighted by molar-refractivity contribution is 4.92. The Morgan fingerprint density at radius 3 is 2.30 bits per heavy atom. The van der Waals surface area contributed by atoms with Crippen LogP contribution in [0, 0.1) is 0 Å². The zero-order valence-electron chi connectivity index (χ0n) is 5.86. The lowest BCUT2D eigenvalue weighted by Crippen LogP contribution is -2.41. The fourth-order valence-electron chi connectivity index (χ4n) is 1.19. The second-order valence-electron chi connectivity index (χ2n) is 2.73. The van der Waals surface area contributed by atoms with Gasteiger partial charge in [0.25, 0.3) is 0 Å². The molecule has 1 rings (SSSR count). The molecule has 1 fully saturated rings. The monoisotopic (exact) mass is 147 g/mol. The van der Waals surface area contributed by atoms with Gasteiger partial charge in [0.15, 0.2) is 0 Å². The summed E-state index contributed by atoms with van der Waals surface area (Å²) in [5.74, 6) is 0. The van der Waals surface area contributed by atoms with Crippen LogP contribution in [0.2, 0.25) is 0 Å². The number of rotatable bonds is 1. The first-order valence-electron chi connectivity index (χ1n) is 3.40. The van der Waals surface area contributed by atoms with E-state index in [1.165, 1.54) is 0 Å². The number of nitrogens with one attached hydrogen (secondary N) is 1. The van der Waals surface area contributed by atoms with Gasteiger partial charge in [-0.1, -0.05) is 0 Å². The minimum Gasteiger partial charge on any atom is -0.392 e. The molecule has 0 amide bonds. The van der Waals surface area contributed by atoms with Crippen LogP contribution in [0.4, 0.5) is 0 Å². The molecule has 0 aromatic carbocycles. The lowest BCUT2D eigenvalue weighted by Gasteiger charge is -2.18. The molecule has 4 nitrogen and oxygen atoms in total. The molecule has 0 aromatic heterocycles. The molecule has 0 aromatic rings. The molecule has 10 heavy (non-hydrogen) atoms. The lowest BCUT2D eigenvalue weighted by molar-refractivity contribution is 0.0114. The highest BCUT2D eigenvalue weighted by atomic mass is 16.3. The van der Waals surface area contributed by atoms with Crippen LogP contribution in [0.3, 0.4) is 0 Å². The Balaban J connectivity index is 2.49. The molecule has 0 radical (unpaired) electrons. The van der Waals surface area contributed by atoms with Gasteiger partial charge in [-0.05, 0) is 6.92 Å². The molecule has 0 bridgehead atoms. The van der Waals surface area contributed by atoms with E-state index in [-0.39, 0.29) is 6.04 Å². The van der Waals surface area contributed by atoms with E-state index < -0.39 is 18.3 Å². The Bertz CT molecular complexity index is 118. The summed E-state index contributed by atoms with van der Waals surface area (Å²) in [5.41, 5.74) is 0. The van der Waals surface area contributed by atoms with Crippen molar-refractivity contribution in [3.8, 4) is 0 Å². The molecular weight excluding hydrogens is 134 g/mol. The van der Waals surface area contributed by atoms with Crippen LogP contribution in [0.1, 0.15) is 6.92 Å². The Hall–Kier alpha value is -0.160. The fourth-order valence-corrected chi connectivity index (χ4v) is 1.19. The molecule has 4 N–H and O–H groups in total. The van der Waals surface area contributed by atoms with Gasteiger partial charge >= 0.3 is 0 Å². The Morgan fingerprint density at radius 1 is 1.50 bits per heavy atom. The van der Waals surface area contributed by atoms with Gasteiger partial charge in [-0.25, -0.2) is 0 Å². The molecule has 1 saturated heterocycles. The standard InChI is InChI=1S/C6H13NO3/c1-3(8)5-6(10)4(9)2-7-5/h3-10H,2H2,1H3/t3?,4-,5-,6+/m1/s1. The van der Waals surface area contributed by atoms with Crippen LogP contribution in [-0.4, -0.2) is 46.2 Å². The SMILES string of the molecule is CC(O)[C@H]1NC[C@@H](O)[C@@H]1O. The van der Waals surface area contributed by atoms with Crippen molar-refractivity contribution in [1.29, 1.82) is 0 Å². The van der Waals surface area contributed by atoms with E-state index >= 15 is 0 Å². The summed E-state index contributed by atoms with van der Waals surface area (Å²) in [7, 11) is 0. The van der Waals surface area contributed by atoms with Gasteiger partial charge < -0.3 is 20.6 Å². The largest absolute Gasteiger partial charge is 0.392 e. The average molecular weight is 147 g/mol. The Kier molecular flexibility index (Phi) is 2.25. The second kappa shape index (κ2) is 2.84. The fraction of sp³-hybridized carbons (Fsp3) is 1.00. The maximum absolute atomic E-state index is 9.16. The van der Waals surface area contributed by atoms with Crippen LogP contribution in [0.5, 0.6) is 0 Å². The normalized spacial score (nSPS) is 43.8. The molecule has 1 unspecified atom stereocenters. The van der Waals surface area contributed by atoms with Crippen molar-refractivity contribution in [3.05, 3.63) is 0 Å². The first-order valence-corrected chi connectivity index (χ1v) is 3.40. The molecule has 0 aliphatic carbocycles. The Morgan fingerprint density at radius 2 is 2.10 bits per heavy atom. The first-order chi connectivity index (χ1) is 4.63. The zero-order valence-corrected chi connectivity index (χ0v) is 5.86. The summed E-state index contributed by atoms with van der Waals surface area (Å²) in [6.45, 7) is 1.94. The topological polar surface area (TPSA) is 72.7 Å². The lowest BCUT2D eigenvalue weighted by atomic mass is 10.1. The smallest absolute Gasteiger partial charge is 0.0989 e. The molecular formula is C6H13NO3. The van der Waals surface area contributed by atoms with Crippen molar-refractivity contribution >= 4 is 0 Å². The van der Waals surface area contributed by atoms with Crippen LogP contribution in [0.15, 0.2) is 0 Å². The minimum absolute atomic E-state index is 0.358. The van der Waals surface area contributed by atoms with Gasteiger partial charge in [-0.2, -0.15) is 0 Å². The van der Waals surface area contributed by atoms with Gasteiger partial charge in [0.05, 0.1) is 24.4 Å². The molecule has 0 spiro atoms. The molecule has 1 aliphatic heterocycles. The van der Waals surface area contributed by atoms with Gasteiger partial charge in [0, 0.05) is 6.54 Å². The van der Waals surface area contributed by atoms with Crippen molar-refractivity contribution < 1.29 is 15.3 Å². The number of hydrogen-bond donors (Lipinski definition) is 4. The number of hydrogen-bond acceptors (Lipinski definition) is 4. The van der Waals surface area contributed by atoms with Crippen molar-refractivity contribution in [1.82, 2.24) is 5.32 Å². The summed E-state index contributed by atoms with van der Waals surface area (Å²) in [6, 6.07) is -0.380. The van der Waals surface area contributed by atoms with Crippen LogP contribution in [0.25, 0.3) is 0 Å². The van der Waals surface area contributed by atoms with Gasteiger partial charge in [-0.15, -0.1) is 0 Å². The summed E-state index contributed by atoms with van der Waals surface area (Å²) in [4.78, 5) is 0. The average Bonchev–Trinajstić information content (AvgIpc) is 2.14. The van der Waals surface area contributed by atoms with Crippen LogP contribution >= 0.6 is 0 Å². The third-order valence-corrected chi connectivity index (χ3v) is 1.84. The van der Waals surface area contributed by atoms with E-state index in [1.807, 2.05) is 0 Å². The minimum atomic E-state index is -0.833. The second-order valence-corrected chi connectivity index (χ2v) is 2.73. The Labute approximate surface area is 59.5 Å². The van der Waals surface area contributed by atoms with E-state index in [2.05, 4.69) is 5.32 Å². The van der Waals surface area contributed by atoms with Crippen LogP contribution in [-0.2, 0) is 0 Å². The predicted octanol–water partition coefficient (Wildman–Crippen LogP) is -1.94. The van der Waals surface area contributed by atoms with E-state index in [9.17, 15) is 0 Å². The van der Waals surface area contributed by atoms with Gasteiger partial charge in [0.2, 0.25) is 0 Å². The third-order valence-electron chi connectivity index (χ3n) is 1.84. The van der Waals surface area contributed by atoms with E-state index in [0.717, 1.165) is 0 Å². The molecule has 1 heterocycles. The third kappa shape index (κ3) is 1.29. The van der Waals surface area contributed by atoms with Gasteiger partial charge in [0.1, 0.15) is 0 Å². The zero-order chi connectivity index (χ0) is 7.72. The maximum atomic E-state index is 9.16. The molecule has 4 heteroatoms. The first kappa shape index (κ1) is 7.94. The summed E-state index contributed by atoms with van der Waals surface area (Å²) < 4.78 is 0. The van der Waals surface area contributed by atoms with E-state index in [0.29, 0.717) is 6.54 Å². The number of aliphatic hydroxyl groups excluding tert-OH is 3. The maximum Gasteiger partial charge on any atom is 0.0989 e. The molecule has 0 saturated carbocycles. The van der Waals surface area contributed by atoms with Crippen molar-refractivity contribution in [2.24, 2.45) is 0 Å². The summed E-state index contributed by atoms with van der Waals surface area (Å²) in [5, 5.41) is 30.0.